The van der Waals surface area contributed by atoms with E-state index in [0.29, 0.717) is 18.4 Å². The van der Waals surface area contributed by atoms with E-state index in [0.717, 1.165) is 17.7 Å². The summed E-state index contributed by atoms with van der Waals surface area (Å²) < 4.78 is 0. The number of amides is 2. The number of benzene rings is 1. The molecule has 0 saturated carbocycles. The maximum absolute atomic E-state index is 12.1. The molecule has 1 aromatic rings. The molecule has 0 bridgehead atoms. The lowest BCUT2D eigenvalue weighted by molar-refractivity contribution is -0.123. The van der Waals surface area contributed by atoms with E-state index in [9.17, 15) is 9.59 Å². The van der Waals surface area contributed by atoms with Gasteiger partial charge in [-0.15, -0.1) is 0 Å². The molecule has 0 aliphatic carbocycles. The predicted octanol–water partition coefficient (Wildman–Crippen LogP) is 3.33. The molecule has 0 aliphatic heterocycles. The van der Waals surface area contributed by atoms with Gasteiger partial charge in [-0.2, -0.15) is 0 Å². The molecule has 0 spiro atoms. The van der Waals surface area contributed by atoms with Crippen molar-refractivity contribution in [3.05, 3.63) is 29.8 Å². The largest absolute Gasteiger partial charge is 0.355 e. The van der Waals surface area contributed by atoms with E-state index >= 15 is 0 Å². The Labute approximate surface area is 133 Å². The minimum absolute atomic E-state index is 0.0666. The molecule has 22 heavy (non-hydrogen) atoms. The highest BCUT2D eigenvalue weighted by Crippen LogP contribution is 2.27. The number of nitrogens with zero attached hydrogens (tertiary/aromatic N) is 1. The van der Waals surface area contributed by atoms with Crippen LogP contribution in [0.15, 0.2) is 24.3 Å². The molecule has 0 unspecified atom stereocenters. The van der Waals surface area contributed by atoms with Gasteiger partial charge in [-0.25, -0.2) is 0 Å². The fraction of sp³-hybridized carbons (Fsp3) is 0.556. The molecule has 0 fully saturated rings. The Kier molecular flexibility index (Phi) is 7.09. The molecule has 4 heteroatoms. The first kappa shape index (κ1) is 18.2. The number of carbonyl (C=O) groups is 2. The molecule has 4 nitrogen and oxygen atoms in total. The fourth-order valence-corrected chi connectivity index (χ4v) is 2.29. The highest BCUT2D eigenvalue weighted by Gasteiger charge is 2.19. The number of rotatable bonds is 7. The zero-order valence-corrected chi connectivity index (χ0v) is 14.3. The zero-order chi connectivity index (χ0) is 16.7. The van der Waals surface area contributed by atoms with Gasteiger partial charge in [0.1, 0.15) is 6.54 Å². The summed E-state index contributed by atoms with van der Waals surface area (Å²) in [5.41, 5.74) is 1.90. The summed E-state index contributed by atoms with van der Waals surface area (Å²) >= 11 is 0. The molecule has 0 aliphatic rings. The van der Waals surface area contributed by atoms with E-state index in [1.165, 1.54) is 6.92 Å². The highest BCUT2D eigenvalue weighted by atomic mass is 16.2. The number of hydrogen-bond donors (Lipinski definition) is 1. The second kappa shape index (κ2) is 8.57. The van der Waals surface area contributed by atoms with E-state index in [1.54, 1.807) is 4.90 Å². The summed E-state index contributed by atoms with van der Waals surface area (Å²) in [5, 5.41) is 2.88. The van der Waals surface area contributed by atoms with Gasteiger partial charge < -0.3 is 10.2 Å². The van der Waals surface area contributed by atoms with Gasteiger partial charge in [0.25, 0.3) is 0 Å². The van der Waals surface area contributed by atoms with E-state index in [-0.39, 0.29) is 18.4 Å². The monoisotopic (exact) mass is 304 g/mol. The zero-order valence-electron chi connectivity index (χ0n) is 14.3. The van der Waals surface area contributed by atoms with Crippen molar-refractivity contribution in [2.24, 2.45) is 5.92 Å². The Hall–Kier alpha value is -1.84. The van der Waals surface area contributed by atoms with Gasteiger partial charge in [0.05, 0.1) is 0 Å². The van der Waals surface area contributed by atoms with Gasteiger partial charge >= 0.3 is 0 Å². The van der Waals surface area contributed by atoms with Crippen molar-refractivity contribution in [2.45, 2.75) is 47.0 Å². The van der Waals surface area contributed by atoms with Crippen molar-refractivity contribution in [2.75, 3.05) is 18.0 Å². The van der Waals surface area contributed by atoms with Crippen molar-refractivity contribution in [1.82, 2.24) is 5.32 Å². The van der Waals surface area contributed by atoms with Crippen molar-refractivity contribution < 1.29 is 9.59 Å². The normalized spacial score (nSPS) is 10.9. The molecule has 1 N–H and O–H groups in total. The van der Waals surface area contributed by atoms with Gasteiger partial charge in [-0.1, -0.05) is 45.9 Å². The lowest BCUT2D eigenvalue weighted by Crippen LogP contribution is -2.40. The van der Waals surface area contributed by atoms with Crippen LogP contribution in [-0.2, 0) is 9.59 Å². The molecule has 0 saturated heterocycles. The van der Waals surface area contributed by atoms with Crippen LogP contribution in [0.3, 0.4) is 0 Å². The third-order valence-electron chi connectivity index (χ3n) is 3.58. The first-order valence-electron chi connectivity index (χ1n) is 7.96. The van der Waals surface area contributed by atoms with Gasteiger partial charge in [0.15, 0.2) is 0 Å². The summed E-state index contributed by atoms with van der Waals surface area (Å²) in [6.45, 7) is 10.6. The second-order valence-electron chi connectivity index (χ2n) is 6.35. The van der Waals surface area contributed by atoms with Crippen LogP contribution < -0.4 is 10.2 Å². The maximum atomic E-state index is 12.1. The fourth-order valence-electron chi connectivity index (χ4n) is 2.29. The van der Waals surface area contributed by atoms with E-state index in [2.05, 4.69) is 33.0 Å². The smallest absolute Gasteiger partial charge is 0.240 e. The van der Waals surface area contributed by atoms with Crippen LogP contribution in [0.2, 0.25) is 0 Å². The van der Waals surface area contributed by atoms with Crippen LogP contribution in [0.25, 0.3) is 0 Å². The number of anilines is 1. The van der Waals surface area contributed by atoms with E-state index in [1.807, 2.05) is 24.3 Å². The molecule has 0 radical (unpaired) electrons. The number of nitrogens with one attached hydrogen (secondary N) is 1. The minimum Gasteiger partial charge on any atom is -0.355 e. The standard InChI is InChI=1S/C18H28N2O2/c1-13(2)10-11-19-18(22)12-20(15(5)21)17-9-7-6-8-16(17)14(3)4/h6-9,13-14H,10-12H2,1-5H3,(H,19,22). The molecule has 0 aromatic heterocycles. The average Bonchev–Trinajstić information content (AvgIpc) is 2.44. The number of para-hydroxylation sites is 1. The van der Waals surface area contributed by atoms with Crippen molar-refractivity contribution in [1.29, 1.82) is 0 Å². The molecule has 2 amide bonds. The van der Waals surface area contributed by atoms with E-state index in [4.69, 9.17) is 0 Å². The van der Waals surface area contributed by atoms with Crippen molar-refractivity contribution in [3.63, 3.8) is 0 Å². The van der Waals surface area contributed by atoms with Gasteiger partial charge in [-0.3, -0.25) is 9.59 Å². The van der Waals surface area contributed by atoms with Crippen LogP contribution in [0.4, 0.5) is 5.69 Å². The van der Waals surface area contributed by atoms with Crippen LogP contribution in [0, 0.1) is 5.92 Å². The van der Waals surface area contributed by atoms with Crippen LogP contribution >= 0.6 is 0 Å². The molecule has 0 atom stereocenters. The predicted molar refractivity (Wildman–Crippen MR) is 91.0 cm³/mol. The first-order chi connectivity index (χ1) is 10.3. The quantitative estimate of drug-likeness (QED) is 0.840. The summed E-state index contributed by atoms with van der Waals surface area (Å²) in [6.07, 6.45) is 0.939. The molecular weight excluding hydrogens is 276 g/mol. The Balaban J connectivity index is 2.83. The van der Waals surface area contributed by atoms with Gasteiger partial charge in [0, 0.05) is 19.2 Å². The minimum atomic E-state index is -0.118. The molecule has 1 rings (SSSR count). The Bertz CT molecular complexity index is 510. The summed E-state index contributed by atoms with van der Waals surface area (Å²) in [5.74, 6) is 0.606. The van der Waals surface area contributed by atoms with Crippen LogP contribution in [-0.4, -0.2) is 24.9 Å². The summed E-state index contributed by atoms with van der Waals surface area (Å²) in [7, 11) is 0. The third kappa shape index (κ3) is 5.51. The Morgan fingerprint density at radius 3 is 2.32 bits per heavy atom. The molecule has 1 aromatic carbocycles. The molecule has 122 valence electrons. The summed E-state index contributed by atoms with van der Waals surface area (Å²) in [4.78, 5) is 25.6. The SMILES string of the molecule is CC(=O)N(CC(=O)NCCC(C)C)c1ccccc1C(C)C. The van der Waals surface area contributed by atoms with Crippen molar-refractivity contribution >= 4 is 17.5 Å². The van der Waals surface area contributed by atoms with Gasteiger partial charge in [-0.05, 0) is 29.9 Å². The second-order valence-corrected chi connectivity index (χ2v) is 6.35. The van der Waals surface area contributed by atoms with Crippen LogP contribution in [0.1, 0.15) is 52.5 Å². The van der Waals surface area contributed by atoms with Gasteiger partial charge in [0.2, 0.25) is 11.8 Å². The molecule has 0 heterocycles. The number of carbonyl (C=O) groups excluding carboxylic acids is 2. The maximum Gasteiger partial charge on any atom is 0.240 e. The number of hydrogen-bond acceptors (Lipinski definition) is 2. The lowest BCUT2D eigenvalue weighted by atomic mass is 10.0. The van der Waals surface area contributed by atoms with E-state index < -0.39 is 0 Å². The molecular formula is C18H28N2O2. The third-order valence-corrected chi connectivity index (χ3v) is 3.58. The lowest BCUT2D eigenvalue weighted by Gasteiger charge is -2.25. The summed E-state index contributed by atoms with van der Waals surface area (Å²) in [6, 6.07) is 7.76. The Morgan fingerprint density at radius 1 is 1.14 bits per heavy atom. The Morgan fingerprint density at radius 2 is 1.77 bits per heavy atom. The van der Waals surface area contributed by atoms with Crippen LogP contribution in [0.5, 0.6) is 0 Å². The average molecular weight is 304 g/mol. The highest BCUT2D eigenvalue weighted by molar-refractivity contribution is 5.98. The topological polar surface area (TPSA) is 49.4 Å². The van der Waals surface area contributed by atoms with Crippen molar-refractivity contribution in [3.8, 4) is 0 Å². The first-order valence-corrected chi connectivity index (χ1v) is 7.96.